The molecule has 0 rings (SSSR count). The van der Waals surface area contributed by atoms with Gasteiger partial charge in [-0.25, -0.2) is 0 Å². The zero-order chi connectivity index (χ0) is 15.1. The van der Waals surface area contributed by atoms with E-state index in [1.807, 2.05) is 13.8 Å². The van der Waals surface area contributed by atoms with Gasteiger partial charge in [0.25, 0.3) is 10.1 Å². The molecule has 0 spiro atoms. The van der Waals surface area contributed by atoms with Crippen LogP contribution in [0.25, 0.3) is 0 Å². The van der Waals surface area contributed by atoms with Gasteiger partial charge < -0.3 is 4.74 Å². The second-order valence-corrected chi connectivity index (χ2v) is 7.17. The molecule has 0 amide bonds. The van der Waals surface area contributed by atoms with Crippen molar-refractivity contribution in [2.24, 2.45) is 11.8 Å². The summed E-state index contributed by atoms with van der Waals surface area (Å²) in [5.74, 6) is -0.917. The predicted octanol–water partition coefficient (Wildman–Crippen LogP) is 1.85. The number of hydrogen-bond acceptors (Lipinski definition) is 6. The maximum absolute atomic E-state index is 11.8. The molecule has 0 aliphatic carbocycles. The van der Waals surface area contributed by atoms with Gasteiger partial charge in [-0.05, 0) is 19.3 Å². The first-order valence-corrected chi connectivity index (χ1v) is 8.74. The Morgan fingerprint density at radius 1 is 1.32 bits per heavy atom. The van der Waals surface area contributed by atoms with E-state index >= 15 is 0 Å². The molecular weight excluding hydrogens is 291 g/mol. The summed E-state index contributed by atoms with van der Waals surface area (Å²) in [5.41, 5.74) is -0.726. The Hall–Kier alpha value is -0.520. The molecule has 0 aliphatic heterocycles. The predicted molar refractivity (Wildman–Crippen MR) is 71.8 cm³/mol. The van der Waals surface area contributed by atoms with E-state index in [0.29, 0.717) is 6.42 Å². The van der Waals surface area contributed by atoms with Crippen LogP contribution in [0.3, 0.4) is 0 Å². The van der Waals surface area contributed by atoms with E-state index < -0.39 is 27.7 Å². The van der Waals surface area contributed by atoms with Crippen molar-refractivity contribution in [2.45, 2.75) is 32.9 Å². The van der Waals surface area contributed by atoms with E-state index in [0.717, 1.165) is 6.26 Å². The highest BCUT2D eigenvalue weighted by Crippen LogP contribution is 2.26. The monoisotopic (exact) mass is 312 g/mol. The van der Waals surface area contributed by atoms with Crippen molar-refractivity contribution in [2.75, 3.05) is 19.5 Å². The minimum absolute atomic E-state index is 0.192. The van der Waals surface area contributed by atoms with Gasteiger partial charge >= 0.3 is 5.97 Å². The van der Waals surface area contributed by atoms with Crippen molar-refractivity contribution >= 4 is 24.5 Å². The van der Waals surface area contributed by atoms with Crippen molar-refractivity contribution in [3.63, 3.8) is 0 Å². The zero-order valence-corrected chi connectivity index (χ0v) is 13.4. The first kappa shape index (κ1) is 18.5. The van der Waals surface area contributed by atoms with Crippen LogP contribution in [0.2, 0.25) is 0 Å². The molecule has 0 radical (unpaired) electrons. The first-order valence-electron chi connectivity index (χ1n) is 6.04. The quantitative estimate of drug-likeness (QED) is 0.367. The molecule has 0 aromatic carbocycles. The van der Waals surface area contributed by atoms with E-state index in [1.54, 1.807) is 6.92 Å². The third-order valence-corrected chi connectivity index (χ3v) is 3.71. The van der Waals surface area contributed by atoms with Crippen molar-refractivity contribution in [3.05, 3.63) is 0 Å². The van der Waals surface area contributed by atoms with Crippen molar-refractivity contribution < 1.29 is 26.7 Å². The molecular formula is C11H21O6PS. The second kappa shape index (κ2) is 8.61. The molecule has 2 atom stereocenters. The number of ether oxygens (including phenoxy) is 1. The lowest BCUT2D eigenvalue weighted by molar-refractivity contribution is -0.148. The molecule has 0 aromatic heterocycles. The largest absolute Gasteiger partial charge is 0.466 e. The summed E-state index contributed by atoms with van der Waals surface area (Å²) in [6, 6.07) is 0. The molecule has 0 aromatic rings. The SMILES string of the molecule is CCOC(=O)C(CC(C)C)C(COS(C)(=O)=O)P=O. The van der Waals surface area contributed by atoms with Crippen molar-refractivity contribution in [1.29, 1.82) is 0 Å². The number of hydrogen-bond donors (Lipinski definition) is 0. The molecule has 0 saturated heterocycles. The Balaban J connectivity index is 4.86. The van der Waals surface area contributed by atoms with E-state index in [4.69, 9.17) is 4.74 Å². The highest BCUT2D eigenvalue weighted by molar-refractivity contribution is 7.86. The molecule has 0 aliphatic rings. The maximum Gasteiger partial charge on any atom is 0.310 e. The Bertz CT molecular complexity index is 392. The van der Waals surface area contributed by atoms with Gasteiger partial charge in [0.05, 0.1) is 31.0 Å². The molecule has 0 saturated carbocycles. The summed E-state index contributed by atoms with van der Waals surface area (Å²) in [5, 5.41) is 0. The summed E-state index contributed by atoms with van der Waals surface area (Å²) in [4.78, 5) is 11.8. The van der Waals surface area contributed by atoms with Crippen LogP contribution < -0.4 is 0 Å². The highest BCUT2D eigenvalue weighted by atomic mass is 32.2. The van der Waals surface area contributed by atoms with Crippen LogP contribution in [0.5, 0.6) is 0 Å². The molecule has 0 fully saturated rings. The fourth-order valence-electron chi connectivity index (χ4n) is 1.58. The third-order valence-electron chi connectivity index (χ3n) is 2.37. The summed E-state index contributed by atoms with van der Waals surface area (Å²) in [6.07, 6.45) is 1.37. The first-order chi connectivity index (χ1) is 8.71. The Morgan fingerprint density at radius 2 is 1.89 bits per heavy atom. The molecule has 8 heteroatoms. The standard InChI is InChI=1S/C11H21O6PS/c1-5-16-11(12)9(6-8(2)3)10(18-13)7-17-19(4,14)15/h8-10H,5-7H2,1-4H3. The fraction of sp³-hybridized carbons (Fsp3) is 0.909. The van der Waals surface area contributed by atoms with Crippen molar-refractivity contribution in [3.8, 4) is 0 Å². The van der Waals surface area contributed by atoms with E-state index in [2.05, 4.69) is 4.18 Å². The lowest BCUT2D eigenvalue weighted by Gasteiger charge is -2.21. The summed E-state index contributed by atoms with van der Waals surface area (Å²) < 4.78 is 42.6. The third kappa shape index (κ3) is 8.29. The van der Waals surface area contributed by atoms with E-state index in [1.165, 1.54) is 0 Å². The van der Waals surface area contributed by atoms with Crippen LogP contribution in [0, 0.1) is 11.8 Å². The molecule has 6 nitrogen and oxygen atoms in total. The lowest BCUT2D eigenvalue weighted by atomic mass is 9.94. The molecule has 0 N–H and O–H groups in total. The zero-order valence-electron chi connectivity index (χ0n) is 11.7. The normalized spacial score (nSPS) is 15.4. The van der Waals surface area contributed by atoms with Crippen molar-refractivity contribution in [1.82, 2.24) is 0 Å². The van der Waals surface area contributed by atoms with Crippen LogP contribution in [0.15, 0.2) is 0 Å². The highest BCUT2D eigenvalue weighted by Gasteiger charge is 2.32. The average molecular weight is 312 g/mol. The molecule has 2 unspecified atom stereocenters. The Morgan fingerprint density at radius 3 is 2.26 bits per heavy atom. The average Bonchev–Trinajstić information content (AvgIpc) is 2.26. The molecule has 0 bridgehead atoms. The van der Waals surface area contributed by atoms with Crippen LogP contribution in [0.4, 0.5) is 0 Å². The fourth-order valence-corrected chi connectivity index (χ4v) is 2.60. The van der Waals surface area contributed by atoms with Gasteiger partial charge in [-0.3, -0.25) is 13.5 Å². The minimum atomic E-state index is -3.62. The molecule has 0 heterocycles. The van der Waals surface area contributed by atoms with E-state index in [-0.39, 0.29) is 27.6 Å². The Labute approximate surface area is 116 Å². The van der Waals surface area contributed by atoms with E-state index in [9.17, 15) is 17.8 Å². The van der Waals surface area contributed by atoms with Gasteiger partial charge in [-0.15, -0.1) is 0 Å². The van der Waals surface area contributed by atoms with Crippen LogP contribution in [0.1, 0.15) is 27.2 Å². The van der Waals surface area contributed by atoms with Crippen LogP contribution in [-0.2, 0) is 28.4 Å². The molecule has 19 heavy (non-hydrogen) atoms. The summed E-state index contributed by atoms with van der Waals surface area (Å²) in [7, 11) is -3.95. The summed E-state index contributed by atoms with van der Waals surface area (Å²) in [6.45, 7) is 5.45. The second-order valence-electron chi connectivity index (χ2n) is 4.65. The number of rotatable bonds is 9. The van der Waals surface area contributed by atoms with Gasteiger partial charge in [-0.2, -0.15) is 8.42 Å². The molecule has 112 valence electrons. The number of carbonyl (C=O) groups is 1. The number of esters is 1. The van der Waals surface area contributed by atoms with Gasteiger partial charge in [0.15, 0.2) is 8.46 Å². The van der Waals surface area contributed by atoms with Crippen LogP contribution >= 0.6 is 8.46 Å². The maximum atomic E-state index is 11.8. The number of carbonyl (C=O) groups excluding carboxylic acids is 1. The van der Waals surface area contributed by atoms with Gasteiger partial charge in [0.2, 0.25) is 0 Å². The summed E-state index contributed by atoms with van der Waals surface area (Å²) >= 11 is 0. The Kier molecular flexibility index (Phi) is 8.38. The van der Waals surface area contributed by atoms with Gasteiger partial charge in [-0.1, -0.05) is 13.8 Å². The van der Waals surface area contributed by atoms with Crippen LogP contribution in [-0.4, -0.2) is 39.5 Å². The smallest absolute Gasteiger partial charge is 0.310 e. The van der Waals surface area contributed by atoms with Gasteiger partial charge in [0, 0.05) is 0 Å². The minimum Gasteiger partial charge on any atom is -0.466 e. The van der Waals surface area contributed by atoms with Gasteiger partial charge in [0.1, 0.15) is 0 Å². The lowest BCUT2D eigenvalue weighted by Crippen LogP contribution is -2.31. The topological polar surface area (TPSA) is 86.7 Å².